The van der Waals surface area contributed by atoms with Crippen molar-refractivity contribution in [1.82, 2.24) is 20.0 Å². The maximum atomic E-state index is 13.1. The number of nitrogens with zero attached hydrogens (tertiary/aromatic N) is 3. The second-order valence-electron chi connectivity index (χ2n) is 6.52. The van der Waals surface area contributed by atoms with Gasteiger partial charge >= 0.3 is 0 Å². The molecule has 0 radical (unpaired) electrons. The van der Waals surface area contributed by atoms with Crippen molar-refractivity contribution in [3.63, 3.8) is 0 Å². The Balaban J connectivity index is 1.69. The maximum absolute atomic E-state index is 13.1. The van der Waals surface area contributed by atoms with E-state index < -0.39 is 0 Å². The summed E-state index contributed by atoms with van der Waals surface area (Å²) in [6.45, 7) is 7.61. The molecule has 2 heterocycles. The van der Waals surface area contributed by atoms with Crippen LogP contribution in [0.5, 0.6) is 0 Å². The van der Waals surface area contributed by atoms with Crippen LogP contribution in [-0.2, 0) is 6.54 Å². The molecule has 1 fully saturated rings. The van der Waals surface area contributed by atoms with Gasteiger partial charge in [0.05, 0.1) is 11.9 Å². The Bertz CT molecular complexity index is 622. The zero-order valence-corrected chi connectivity index (χ0v) is 13.9. The molecule has 4 nitrogen and oxygen atoms in total. The molecule has 1 aliphatic heterocycles. The van der Waals surface area contributed by atoms with Crippen molar-refractivity contribution < 1.29 is 4.39 Å². The molecule has 1 aromatic heterocycles. The molecular weight excluding hydrogens is 291 g/mol. The minimum absolute atomic E-state index is 0.213. The van der Waals surface area contributed by atoms with Gasteiger partial charge in [-0.25, -0.2) is 4.39 Å². The summed E-state index contributed by atoms with van der Waals surface area (Å²) in [7, 11) is 2.19. The van der Waals surface area contributed by atoms with E-state index in [4.69, 9.17) is 0 Å². The van der Waals surface area contributed by atoms with Gasteiger partial charge in [-0.05, 0) is 56.7 Å². The third kappa shape index (κ3) is 3.98. The standard InChI is InChI=1S/C18H25FN4/c1-3-23(12-14-8-9-22(2)11-14)13-16-10-20-21-18(16)15-4-6-17(19)7-5-15/h4-7,10,14H,3,8-9,11-13H2,1-2H3,(H,20,21). The van der Waals surface area contributed by atoms with Crippen LogP contribution in [-0.4, -0.2) is 53.2 Å². The number of halogens is 1. The molecule has 0 amide bonds. The Morgan fingerprint density at radius 3 is 2.78 bits per heavy atom. The second kappa shape index (κ2) is 7.23. The molecule has 1 aliphatic rings. The summed E-state index contributed by atoms with van der Waals surface area (Å²) in [4.78, 5) is 4.88. The van der Waals surface area contributed by atoms with Gasteiger partial charge in [0.1, 0.15) is 5.82 Å². The van der Waals surface area contributed by atoms with Gasteiger partial charge in [0.2, 0.25) is 0 Å². The van der Waals surface area contributed by atoms with Gasteiger partial charge in [0.15, 0.2) is 0 Å². The summed E-state index contributed by atoms with van der Waals surface area (Å²) in [6, 6.07) is 6.58. The van der Waals surface area contributed by atoms with Gasteiger partial charge in [0.25, 0.3) is 0 Å². The molecule has 124 valence electrons. The van der Waals surface area contributed by atoms with Crippen molar-refractivity contribution >= 4 is 0 Å². The van der Waals surface area contributed by atoms with Gasteiger partial charge in [0, 0.05) is 30.8 Å². The highest BCUT2D eigenvalue weighted by Crippen LogP contribution is 2.23. The molecule has 1 atom stereocenters. The Kier molecular flexibility index (Phi) is 5.08. The van der Waals surface area contributed by atoms with Crippen molar-refractivity contribution in [2.24, 2.45) is 5.92 Å². The van der Waals surface area contributed by atoms with Gasteiger partial charge in [-0.2, -0.15) is 5.10 Å². The van der Waals surface area contributed by atoms with Crippen LogP contribution in [0.1, 0.15) is 18.9 Å². The van der Waals surface area contributed by atoms with E-state index in [0.717, 1.165) is 36.8 Å². The third-order valence-corrected chi connectivity index (χ3v) is 4.70. The number of aromatic amines is 1. The summed E-state index contributed by atoms with van der Waals surface area (Å²) in [5.74, 6) is 0.538. The molecule has 3 rings (SSSR count). The van der Waals surface area contributed by atoms with E-state index in [9.17, 15) is 4.39 Å². The third-order valence-electron chi connectivity index (χ3n) is 4.70. The Morgan fingerprint density at radius 1 is 1.35 bits per heavy atom. The van der Waals surface area contributed by atoms with Crippen LogP contribution in [0.4, 0.5) is 4.39 Å². The van der Waals surface area contributed by atoms with Gasteiger partial charge in [-0.1, -0.05) is 6.92 Å². The normalized spacial score (nSPS) is 18.9. The number of hydrogen-bond acceptors (Lipinski definition) is 3. The molecule has 5 heteroatoms. The van der Waals surface area contributed by atoms with E-state index >= 15 is 0 Å². The summed E-state index contributed by atoms with van der Waals surface area (Å²) < 4.78 is 13.1. The van der Waals surface area contributed by atoms with Gasteiger partial charge < -0.3 is 4.90 Å². The van der Waals surface area contributed by atoms with Crippen molar-refractivity contribution in [3.8, 4) is 11.3 Å². The lowest BCUT2D eigenvalue weighted by Crippen LogP contribution is -2.30. The Labute approximate surface area is 137 Å². The predicted molar refractivity (Wildman–Crippen MR) is 90.5 cm³/mol. The Hall–Kier alpha value is -1.72. The molecule has 2 aromatic rings. The first kappa shape index (κ1) is 16.1. The molecule has 0 saturated carbocycles. The van der Waals surface area contributed by atoms with Crippen molar-refractivity contribution in [3.05, 3.63) is 41.8 Å². The lowest BCUT2D eigenvalue weighted by atomic mass is 10.1. The Morgan fingerprint density at radius 2 is 2.13 bits per heavy atom. The largest absolute Gasteiger partial charge is 0.306 e. The van der Waals surface area contributed by atoms with Crippen molar-refractivity contribution in [1.29, 1.82) is 0 Å². The van der Waals surface area contributed by atoms with Crippen LogP contribution >= 0.6 is 0 Å². The molecule has 1 N–H and O–H groups in total. The number of H-pyrrole nitrogens is 1. The monoisotopic (exact) mass is 316 g/mol. The van der Waals surface area contributed by atoms with Crippen LogP contribution in [0, 0.1) is 11.7 Å². The van der Waals surface area contributed by atoms with Crippen LogP contribution in [0.25, 0.3) is 11.3 Å². The quantitative estimate of drug-likeness (QED) is 0.890. The number of nitrogens with one attached hydrogen (secondary N) is 1. The van der Waals surface area contributed by atoms with E-state index in [2.05, 4.69) is 34.0 Å². The number of benzene rings is 1. The summed E-state index contributed by atoms with van der Waals surface area (Å²) in [5.41, 5.74) is 3.15. The number of likely N-dealkylation sites (tertiary alicyclic amines) is 1. The first-order chi connectivity index (χ1) is 11.2. The fourth-order valence-electron chi connectivity index (χ4n) is 3.38. The average molecular weight is 316 g/mol. The molecule has 0 aliphatic carbocycles. The minimum Gasteiger partial charge on any atom is -0.306 e. The van der Waals surface area contributed by atoms with E-state index in [-0.39, 0.29) is 5.82 Å². The molecule has 1 saturated heterocycles. The molecule has 0 spiro atoms. The van der Waals surface area contributed by atoms with Crippen LogP contribution in [0.2, 0.25) is 0 Å². The zero-order chi connectivity index (χ0) is 16.2. The number of hydrogen-bond donors (Lipinski definition) is 1. The predicted octanol–water partition coefficient (Wildman–Crippen LogP) is 2.99. The van der Waals surface area contributed by atoms with E-state index in [1.807, 2.05) is 6.20 Å². The smallest absolute Gasteiger partial charge is 0.123 e. The summed E-state index contributed by atoms with van der Waals surface area (Å²) >= 11 is 0. The van der Waals surface area contributed by atoms with E-state index in [0.29, 0.717) is 0 Å². The SMILES string of the molecule is CCN(Cc1cn[nH]c1-c1ccc(F)cc1)CC1CCN(C)C1. The van der Waals surface area contributed by atoms with Crippen LogP contribution in [0.3, 0.4) is 0 Å². The lowest BCUT2D eigenvalue weighted by molar-refractivity contribution is 0.233. The minimum atomic E-state index is -0.213. The maximum Gasteiger partial charge on any atom is 0.123 e. The molecule has 0 bridgehead atoms. The highest BCUT2D eigenvalue weighted by Gasteiger charge is 2.22. The van der Waals surface area contributed by atoms with Crippen molar-refractivity contribution in [2.45, 2.75) is 19.9 Å². The lowest BCUT2D eigenvalue weighted by Gasteiger charge is -2.24. The van der Waals surface area contributed by atoms with Crippen molar-refractivity contribution in [2.75, 3.05) is 33.2 Å². The molecular formula is C18H25FN4. The number of aromatic nitrogens is 2. The highest BCUT2D eigenvalue weighted by atomic mass is 19.1. The van der Waals surface area contributed by atoms with Gasteiger partial charge in [-0.15, -0.1) is 0 Å². The fourth-order valence-corrected chi connectivity index (χ4v) is 3.38. The van der Waals surface area contributed by atoms with Crippen LogP contribution in [0.15, 0.2) is 30.5 Å². The molecule has 1 unspecified atom stereocenters. The van der Waals surface area contributed by atoms with E-state index in [1.54, 1.807) is 12.1 Å². The summed E-state index contributed by atoms with van der Waals surface area (Å²) in [5, 5.41) is 7.26. The van der Waals surface area contributed by atoms with E-state index in [1.165, 1.54) is 37.2 Å². The first-order valence-electron chi connectivity index (χ1n) is 8.34. The van der Waals surface area contributed by atoms with Crippen LogP contribution < -0.4 is 0 Å². The first-order valence-corrected chi connectivity index (χ1v) is 8.34. The molecule has 23 heavy (non-hydrogen) atoms. The average Bonchev–Trinajstić information content (AvgIpc) is 3.16. The number of rotatable bonds is 6. The molecule has 1 aromatic carbocycles. The topological polar surface area (TPSA) is 35.2 Å². The summed E-state index contributed by atoms with van der Waals surface area (Å²) in [6.07, 6.45) is 3.17. The second-order valence-corrected chi connectivity index (χ2v) is 6.52. The zero-order valence-electron chi connectivity index (χ0n) is 13.9. The fraction of sp³-hybridized carbons (Fsp3) is 0.500. The highest BCUT2D eigenvalue weighted by molar-refractivity contribution is 5.62. The van der Waals surface area contributed by atoms with Gasteiger partial charge in [-0.3, -0.25) is 10.00 Å².